The van der Waals surface area contributed by atoms with Crippen molar-refractivity contribution in [2.45, 2.75) is 19.3 Å². The van der Waals surface area contributed by atoms with Gasteiger partial charge in [-0.1, -0.05) is 80.6 Å². The molecule has 0 atom stereocenters. The van der Waals surface area contributed by atoms with Crippen LogP contribution in [-0.4, -0.2) is 18.5 Å². The smallest absolute Gasteiger partial charge is 0.0577 e. The maximum Gasteiger partial charge on any atom is 0.0577 e. The normalized spacial score (nSPS) is 15.7. The van der Waals surface area contributed by atoms with Gasteiger partial charge < -0.3 is 9.80 Å². The van der Waals surface area contributed by atoms with Crippen LogP contribution >= 0.6 is 0 Å². The fourth-order valence-corrected chi connectivity index (χ4v) is 7.09. The van der Waals surface area contributed by atoms with Gasteiger partial charge in [-0.2, -0.15) is 0 Å². The number of nitrogens with zero attached hydrogens (tertiary/aromatic N) is 2. The third kappa shape index (κ3) is 3.09. The van der Waals surface area contributed by atoms with Crippen molar-refractivity contribution in [1.29, 1.82) is 0 Å². The van der Waals surface area contributed by atoms with E-state index in [-0.39, 0.29) is 5.41 Å². The highest BCUT2D eigenvalue weighted by Crippen LogP contribution is 2.57. The van der Waals surface area contributed by atoms with Crippen molar-refractivity contribution in [2.24, 2.45) is 0 Å². The van der Waals surface area contributed by atoms with Gasteiger partial charge in [0.25, 0.3) is 0 Å². The van der Waals surface area contributed by atoms with Crippen LogP contribution < -0.4 is 4.90 Å². The standard InChI is InChI=1S/C37H30N2/c1-37(2)33-17-8-7-14-29(33)36-30-16-9-15-28-27-19-18-25(21-31(27)32(35(28)30)22-34(36)37)39(24-11-5-4-6-12-24)26-13-10-20-38(3)23-26/h4-22H,23H2,1-3H3. The molecule has 2 nitrogen and oxygen atoms in total. The van der Waals surface area contributed by atoms with Crippen molar-refractivity contribution < 1.29 is 0 Å². The van der Waals surface area contributed by atoms with Crippen LogP contribution in [0.5, 0.6) is 0 Å². The Morgan fingerprint density at radius 3 is 2.31 bits per heavy atom. The maximum atomic E-state index is 2.50. The fraction of sp³-hybridized carbons (Fsp3) is 0.135. The Balaban J connectivity index is 1.37. The highest BCUT2D eigenvalue weighted by Gasteiger charge is 2.38. The molecule has 3 aliphatic rings. The molecule has 0 amide bonds. The quantitative estimate of drug-likeness (QED) is 0.238. The second-order valence-electron chi connectivity index (χ2n) is 11.6. The number of fused-ring (bicyclic) bond motifs is 7. The zero-order chi connectivity index (χ0) is 26.3. The summed E-state index contributed by atoms with van der Waals surface area (Å²) in [6.45, 7) is 5.62. The molecule has 0 spiro atoms. The highest BCUT2D eigenvalue weighted by molar-refractivity contribution is 6.20. The number of hydrogen-bond donors (Lipinski definition) is 0. The van der Waals surface area contributed by atoms with Gasteiger partial charge in [0.2, 0.25) is 0 Å². The van der Waals surface area contributed by atoms with Crippen molar-refractivity contribution in [3.05, 3.63) is 132 Å². The average molecular weight is 503 g/mol. The number of para-hydroxylation sites is 1. The molecule has 0 saturated heterocycles. The van der Waals surface area contributed by atoms with Crippen LogP contribution in [0.15, 0.2) is 121 Å². The van der Waals surface area contributed by atoms with Crippen molar-refractivity contribution in [3.8, 4) is 33.4 Å². The van der Waals surface area contributed by atoms with E-state index < -0.39 is 0 Å². The second-order valence-corrected chi connectivity index (χ2v) is 11.6. The van der Waals surface area contributed by atoms with Gasteiger partial charge in [0.1, 0.15) is 0 Å². The molecular weight excluding hydrogens is 472 g/mol. The van der Waals surface area contributed by atoms with Gasteiger partial charge in [0.05, 0.1) is 6.54 Å². The molecule has 8 rings (SSSR count). The van der Waals surface area contributed by atoms with Crippen LogP contribution in [0.3, 0.4) is 0 Å². The van der Waals surface area contributed by atoms with Gasteiger partial charge in [0.15, 0.2) is 0 Å². The van der Waals surface area contributed by atoms with Crippen molar-refractivity contribution in [2.75, 3.05) is 18.5 Å². The van der Waals surface area contributed by atoms with Crippen LogP contribution in [0.25, 0.3) is 44.2 Å². The Morgan fingerprint density at radius 2 is 1.46 bits per heavy atom. The minimum absolute atomic E-state index is 0.0348. The monoisotopic (exact) mass is 502 g/mol. The van der Waals surface area contributed by atoms with E-state index in [9.17, 15) is 0 Å². The predicted molar refractivity (Wildman–Crippen MR) is 164 cm³/mol. The van der Waals surface area contributed by atoms with E-state index in [1.165, 1.54) is 72.4 Å². The molecule has 5 aromatic rings. The van der Waals surface area contributed by atoms with E-state index in [4.69, 9.17) is 0 Å². The maximum absolute atomic E-state index is 2.50. The molecule has 0 radical (unpaired) electrons. The summed E-state index contributed by atoms with van der Waals surface area (Å²) in [5.41, 5.74) is 14.6. The zero-order valence-corrected chi connectivity index (χ0v) is 22.6. The third-order valence-corrected chi connectivity index (χ3v) is 8.89. The summed E-state index contributed by atoms with van der Waals surface area (Å²) in [4.78, 5) is 4.64. The first-order valence-corrected chi connectivity index (χ1v) is 13.8. The van der Waals surface area contributed by atoms with Gasteiger partial charge in [-0.25, -0.2) is 0 Å². The summed E-state index contributed by atoms with van der Waals surface area (Å²) < 4.78 is 0. The minimum atomic E-state index is -0.0348. The molecule has 2 heteroatoms. The van der Waals surface area contributed by atoms with Gasteiger partial charge in [0, 0.05) is 29.5 Å². The summed E-state index contributed by atoms with van der Waals surface area (Å²) in [6, 6.07) is 36.1. The zero-order valence-electron chi connectivity index (χ0n) is 22.6. The Morgan fingerprint density at radius 1 is 0.667 bits per heavy atom. The fourth-order valence-electron chi connectivity index (χ4n) is 7.09. The predicted octanol–water partition coefficient (Wildman–Crippen LogP) is 9.27. The highest BCUT2D eigenvalue weighted by atomic mass is 15.2. The third-order valence-electron chi connectivity index (χ3n) is 8.89. The van der Waals surface area contributed by atoms with E-state index in [2.05, 4.69) is 146 Å². The van der Waals surface area contributed by atoms with Crippen LogP contribution in [-0.2, 0) is 5.41 Å². The van der Waals surface area contributed by atoms with Gasteiger partial charge >= 0.3 is 0 Å². The van der Waals surface area contributed by atoms with Crippen LogP contribution in [0, 0.1) is 0 Å². The first kappa shape index (κ1) is 22.4. The number of anilines is 2. The van der Waals surface area contributed by atoms with Crippen molar-refractivity contribution in [1.82, 2.24) is 4.90 Å². The minimum Gasteiger partial charge on any atom is -0.375 e. The molecule has 0 saturated carbocycles. The number of hydrogen-bond acceptors (Lipinski definition) is 2. The first-order chi connectivity index (χ1) is 19.0. The SMILES string of the molecule is CN1C=CC=C(N(c2ccccc2)c2ccc3c(c2)-c2cc4c(c5cccc-3c25)-c2ccccc2C4(C)C)C1. The summed E-state index contributed by atoms with van der Waals surface area (Å²) in [7, 11) is 2.13. The summed E-state index contributed by atoms with van der Waals surface area (Å²) in [5, 5.41) is 2.76. The lowest BCUT2D eigenvalue weighted by Crippen LogP contribution is -2.27. The number of rotatable bonds is 3. The topological polar surface area (TPSA) is 6.48 Å². The van der Waals surface area contributed by atoms with E-state index in [0.717, 1.165) is 6.54 Å². The first-order valence-electron chi connectivity index (χ1n) is 13.8. The lowest BCUT2D eigenvalue weighted by atomic mass is 9.81. The largest absolute Gasteiger partial charge is 0.375 e. The summed E-state index contributed by atoms with van der Waals surface area (Å²) >= 11 is 0. The second kappa shape index (κ2) is 7.97. The van der Waals surface area contributed by atoms with E-state index >= 15 is 0 Å². The number of likely N-dealkylation sites (N-methyl/N-ethyl adjacent to an activating group) is 1. The summed E-state index contributed by atoms with van der Waals surface area (Å²) in [6.07, 6.45) is 6.51. The summed E-state index contributed by atoms with van der Waals surface area (Å²) in [5.74, 6) is 0. The lowest BCUT2D eigenvalue weighted by Gasteiger charge is -2.32. The van der Waals surface area contributed by atoms with Crippen LogP contribution in [0.2, 0.25) is 0 Å². The van der Waals surface area contributed by atoms with E-state index in [1.807, 2.05) is 0 Å². The molecule has 1 aliphatic heterocycles. The van der Waals surface area contributed by atoms with E-state index in [0.29, 0.717) is 0 Å². The molecule has 39 heavy (non-hydrogen) atoms. The van der Waals surface area contributed by atoms with Crippen molar-refractivity contribution in [3.63, 3.8) is 0 Å². The molecule has 0 fully saturated rings. The molecule has 0 unspecified atom stereocenters. The molecule has 1 heterocycles. The molecule has 0 bridgehead atoms. The molecule has 0 aromatic heterocycles. The Labute approximate surface area is 230 Å². The van der Waals surface area contributed by atoms with E-state index in [1.54, 1.807) is 0 Å². The molecular formula is C37H30N2. The lowest BCUT2D eigenvalue weighted by molar-refractivity contribution is 0.487. The van der Waals surface area contributed by atoms with Gasteiger partial charge in [-0.3, -0.25) is 0 Å². The van der Waals surface area contributed by atoms with Crippen LogP contribution in [0.1, 0.15) is 25.0 Å². The molecule has 0 N–H and O–H groups in total. The Kier molecular flexibility index (Phi) is 4.58. The van der Waals surface area contributed by atoms with Crippen molar-refractivity contribution >= 4 is 22.1 Å². The molecule has 2 aliphatic carbocycles. The molecule has 188 valence electrons. The van der Waals surface area contributed by atoms with Gasteiger partial charge in [-0.05, 0) is 104 Å². The Hall–Kier alpha value is -4.56. The number of allylic oxidation sites excluding steroid dienone is 2. The number of benzene rings is 5. The van der Waals surface area contributed by atoms with Gasteiger partial charge in [-0.15, -0.1) is 0 Å². The van der Waals surface area contributed by atoms with Crippen LogP contribution in [0.4, 0.5) is 11.4 Å². The molecule has 5 aromatic carbocycles. The average Bonchev–Trinajstić information content (AvgIpc) is 3.40. The Bertz CT molecular complexity index is 1870.